The third-order valence-corrected chi connectivity index (χ3v) is 7.35. The van der Waals surface area contributed by atoms with Gasteiger partial charge in [0.2, 0.25) is 12.7 Å². The number of hydrogen-bond donors (Lipinski definition) is 1. The van der Waals surface area contributed by atoms with Gasteiger partial charge in [0.15, 0.2) is 17.3 Å². The summed E-state index contributed by atoms with van der Waals surface area (Å²) in [6, 6.07) is 20.4. The monoisotopic (exact) mass is 460 g/mol. The fourth-order valence-electron chi connectivity index (χ4n) is 5.63. The van der Waals surface area contributed by atoms with Crippen molar-refractivity contribution in [2.75, 3.05) is 25.7 Å². The van der Waals surface area contributed by atoms with Gasteiger partial charge in [0.05, 0.1) is 5.92 Å². The van der Waals surface area contributed by atoms with Gasteiger partial charge in [-0.3, -0.25) is 14.5 Å². The van der Waals surface area contributed by atoms with E-state index in [1.807, 2.05) is 60.5 Å². The van der Waals surface area contributed by atoms with Crippen LogP contribution in [0.25, 0.3) is 0 Å². The highest BCUT2D eigenvalue weighted by molar-refractivity contribution is 6.30. The van der Waals surface area contributed by atoms with Crippen molar-refractivity contribution in [3.05, 3.63) is 88.4 Å². The fraction of sp³-hybridized carbons (Fsp3) is 0.231. The second-order valence-electron chi connectivity index (χ2n) is 8.71. The number of nitrogens with zero attached hydrogens (tertiary/aromatic N) is 1. The van der Waals surface area contributed by atoms with Crippen molar-refractivity contribution in [1.29, 1.82) is 0 Å². The largest absolute Gasteiger partial charge is 0.454 e. The molecule has 33 heavy (non-hydrogen) atoms. The standard InChI is InChI=1S/C26H21ClN2O4/c1-29-13-18(15-6-9-17(27)10-7-15)23(24(30)16-8-11-21-22(12-16)33-14-32-21)26(29)19-4-2-3-5-20(19)28-25(26)31/h2-12,18,23H,13-14H2,1H3,(H,28,31). The summed E-state index contributed by atoms with van der Waals surface area (Å²) in [6.45, 7) is 0.677. The summed E-state index contributed by atoms with van der Waals surface area (Å²) >= 11 is 6.14. The maximum atomic E-state index is 14.2. The summed E-state index contributed by atoms with van der Waals surface area (Å²) in [4.78, 5) is 29.9. The van der Waals surface area contributed by atoms with E-state index in [1.54, 1.807) is 18.2 Å². The van der Waals surface area contributed by atoms with Gasteiger partial charge in [-0.2, -0.15) is 0 Å². The summed E-state index contributed by atoms with van der Waals surface area (Å²) in [5.74, 6) is 0.0181. The van der Waals surface area contributed by atoms with Crippen molar-refractivity contribution in [2.45, 2.75) is 11.5 Å². The summed E-state index contributed by atoms with van der Waals surface area (Å²) in [6.07, 6.45) is 0. The number of anilines is 1. The lowest BCUT2D eigenvalue weighted by Gasteiger charge is -2.35. The van der Waals surface area contributed by atoms with Crippen LogP contribution >= 0.6 is 11.6 Å². The molecule has 3 heterocycles. The van der Waals surface area contributed by atoms with Crippen LogP contribution in [-0.4, -0.2) is 37.0 Å². The van der Waals surface area contributed by atoms with Crippen LogP contribution in [0.4, 0.5) is 5.69 Å². The number of carbonyl (C=O) groups is 2. The Kier molecular flexibility index (Phi) is 4.50. The van der Waals surface area contributed by atoms with Crippen molar-refractivity contribution in [2.24, 2.45) is 5.92 Å². The molecule has 6 nitrogen and oxygen atoms in total. The lowest BCUT2D eigenvalue weighted by molar-refractivity contribution is -0.126. The van der Waals surface area contributed by atoms with Crippen molar-refractivity contribution in [3.8, 4) is 11.5 Å². The van der Waals surface area contributed by atoms with E-state index >= 15 is 0 Å². The number of rotatable bonds is 3. The van der Waals surface area contributed by atoms with Crippen molar-refractivity contribution >= 4 is 29.0 Å². The lowest BCUT2D eigenvalue weighted by atomic mass is 9.70. The highest BCUT2D eigenvalue weighted by atomic mass is 35.5. The van der Waals surface area contributed by atoms with E-state index in [0.717, 1.165) is 16.8 Å². The minimum absolute atomic E-state index is 0.107. The molecule has 1 fully saturated rings. The Hall–Kier alpha value is -3.35. The topological polar surface area (TPSA) is 67.9 Å². The molecular formula is C26H21ClN2O4. The maximum absolute atomic E-state index is 14.2. The molecule has 1 N–H and O–H groups in total. The number of nitrogens with one attached hydrogen (secondary N) is 1. The molecule has 6 rings (SSSR count). The van der Waals surface area contributed by atoms with Gasteiger partial charge in [0.1, 0.15) is 5.54 Å². The van der Waals surface area contributed by atoms with Gasteiger partial charge in [0.25, 0.3) is 0 Å². The number of ether oxygens (including phenoxy) is 2. The molecule has 0 saturated carbocycles. The Balaban J connectivity index is 1.54. The first kappa shape index (κ1) is 20.3. The average Bonchev–Trinajstić information content (AvgIpc) is 3.49. The second-order valence-corrected chi connectivity index (χ2v) is 9.15. The number of likely N-dealkylation sites (N-methyl/N-ethyl adjacent to an activating group) is 1. The predicted octanol–water partition coefficient (Wildman–Crippen LogP) is 4.44. The van der Waals surface area contributed by atoms with Crippen molar-refractivity contribution in [3.63, 3.8) is 0 Å². The molecule has 7 heteroatoms. The highest BCUT2D eigenvalue weighted by Gasteiger charge is 2.64. The molecule has 0 radical (unpaired) electrons. The normalized spacial score (nSPS) is 25.3. The Labute approximate surface area is 196 Å². The number of para-hydroxylation sites is 1. The van der Waals surface area contributed by atoms with E-state index in [2.05, 4.69) is 5.32 Å². The number of hydrogen-bond acceptors (Lipinski definition) is 5. The van der Waals surface area contributed by atoms with Crippen LogP contribution in [0.5, 0.6) is 11.5 Å². The van der Waals surface area contributed by atoms with Gasteiger partial charge in [-0.25, -0.2) is 0 Å². The van der Waals surface area contributed by atoms with Gasteiger partial charge in [-0.05, 0) is 49.0 Å². The van der Waals surface area contributed by atoms with Crippen LogP contribution in [0.3, 0.4) is 0 Å². The summed E-state index contributed by atoms with van der Waals surface area (Å²) in [7, 11) is 1.91. The molecule has 0 bridgehead atoms. The van der Waals surface area contributed by atoms with E-state index in [4.69, 9.17) is 21.1 Å². The zero-order valence-electron chi connectivity index (χ0n) is 17.9. The van der Waals surface area contributed by atoms with Gasteiger partial charge in [0, 0.05) is 34.3 Å². The van der Waals surface area contributed by atoms with Crippen LogP contribution in [0.2, 0.25) is 5.02 Å². The first-order valence-electron chi connectivity index (χ1n) is 10.8. The first-order chi connectivity index (χ1) is 16.0. The van der Waals surface area contributed by atoms with E-state index in [9.17, 15) is 9.59 Å². The zero-order valence-corrected chi connectivity index (χ0v) is 18.6. The molecule has 3 atom stereocenters. The van der Waals surface area contributed by atoms with E-state index in [1.165, 1.54) is 0 Å². The third-order valence-electron chi connectivity index (χ3n) is 7.09. The number of Topliss-reactive ketones (excluding diaryl/α,β-unsaturated/α-hetero) is 1. The summed E-state index contributed by atoms with van der Waals surface area (Å²) < 4.78 is 10.9. The number of halogens is 1. The summed E-state index contributed by atoms with van der Waals surface area (Å²) in [5.41, 5.74) is 1.92. The smallest absolute Gasteiger partial charge is 0.250 e. The molecule has 1 spiro atoms. The number of fused-ring (bicyclic) bond motifs is 3. The molecule has 0 aliphatic carbocycles. The van der Waals surface area contributed by atoms with Crippen LogP contribution < -0.4 is 14.8 Å². The minimum Gasteiger partial charge on any atom is -0.454 e. The Morgan fingerprint density at radius 3 is 2.64 bits per heavy atom. The van der Waals surface area contributed by atoms with Crippen LogP contribution in [0.1, 0.15) is 27.4 Å². The molecule has 1 amide bonds. The molecule has 0 aromatic heterocycles. The van der Waals surface area contributed by atoms with Crippen LogP contribution in [0, 0.1) is 5.92 Å². The lowest BCUT2D eigenvalue weighted by Crippen LogP contribution is -2.51. The number of carbonyl (C=O) groups excluding carboxylic acids is 2. The Morgan fingerprint density at radius 2 is 1.82 bits per heavy atom. The summed E-state index contributed by atoms with van der Waals surface area (Å²) in [5, 5.41) is 3.65. The maximum Gasteiger partial charge on any atom is 0.250 e. The first-order valence-corrected chi connectivity index (χ1v) is 11.2. The zero-order chi connectivity index (χ0) is 22.7. The van der Waals surface area contributed by atoms with Gasteiger partial charge < -0.3 is 14.8 Å². The van der Waals surface area contributed by atoms with Gasteiger partial charge in [-0.1, -0.05) is 41.9 Å². The van der Waals surface area contributed by atoms with E-state index < -0.39 is 11.5 Å². The molecule has 3 aromatic carbocycles. The van der Waals surface area contributed by atoms with Gasteiger partial charge in [-0.15, -0.1) is 0 Å². The molecular weight excluding hydrogens is 440 g/mol. The second kappa shape index (κ2) is 7.33. The molecule has 1 saturated heterocycles. The quantitative estimate of drug-likeness (QED) is 0.585. The Morgan fingerprint density at radius 1 is 1.06 bits per heavy atom. The fourth-order valence-corrected chi connectivity index (χ4v) is 5.76. The molecule has 166 valence electrons. The number of ketones is 1. The van der Waals surface area contributed by atoms with Crippen LogP contribution in [0.15, 0.2) is 66.7 Å². The minimum atomic E-state index is -1.12. The predicted molar refractivity (Wildman–Crippen MR) is 124 cm³/mol. The molecule has 3 unspecified atom stereocenters. The number of likely N-dealkylation sites (tertiary alicyclic amines) is 1. The molecule has 3 aliphatic heterocycles. The highest BCUT2D eigenvalue weighted by Crippen LogP contribution is 2.55. The van der Waals surface area contributed by atoms with Gasteiger partial charge >= 0.3 is 0 Å². The van der Waals surface area contributed by atoms with Crippen molar-refractivity contribution in [1.82, 2.24) is 4.90 Å². The van der Waals surface area contributed by atoms with E-state index in [0.29, 0.717) is 28.6 Å². The molecule has 3 aromatic rings. The Bertz CT molecular complexity index is 1290. The number of benzene rings is 3. The van der Waals surface area contributed by atoms with E-state index in [-0.39, 0.29) is 24.4 Å². The van der Waals surface area contributed by atoms with Crippen molar-refractivity contribution < 1.29 is 19.1 Å². The molecule has 3 aliphatic rings. The SMILES string of the molecule is CN1CC(c2ccc(Cl)cc2)C(C(=O)c2ccc3c(c2)OCO3)C12C(=O)Nc1ccccc12. The third kappa shape index (κ3) is 2.84. The number of amides is 1. The van der Waals surface area contributed by atoms with Crippen LogP contribution in [-0.2, 0) is 10.3 Å². The average molecular weight is 461 g/mol.